The van der Waals surface area contributed by atoms with E-state index in [9.17, 15) is 0 Å². The average molecular weight is 237 g/mol. The van der Waals surface area contributed by atoms with Gasteiger partial charge in [0.05, 0.1) is 5.56 Å². The van der Waals surface area contributed by atoms with Gasteiger partial charge in [-0.1, -0.05) is 47.6 Å². The van der Waals surface area contributed by atoms with Crippen LogP contribution in [0.4, 0.5) is 5.69 Å². The van der Waals surface area contributed by atoms with E-state index in [1.807, 2.05) is 54.6 Å². The van der Waals surface area contributed by atoms with Gasteiger partial charge in [-0.2, -0.15) is 4.98 Å². The van der Waals surface area contributed by atoms with Crippen molar-refractivity contribution < 1.29 is 4.52 Å². The van der Waals surface area contributed by atoms with Crippen LogP contribution < -0.4 is 5.73 Å². The quantitative estimate of drug-likeness (QED) is 0.696. The molecule has 1 aromatic heterocycles. The van der Waals surface area contributed by atoms with Gasteiger partial charge in [-0.15, -0.1) is 0 Å². The number of anilines is 1. The van der Waals surface area contributed by atoms with Crippen molar-refractivity contribution >= 4 is 5.69 Å². The number of hydrogen-bond donors (Lipinski definition) is 1. The van der Waals surface area contributed by atoms with Crippen LogP contribution in [-0.2, 0) is 0 Å². The van der Waals surface area contributed by atoms with E-state index in [4.69, 9.17) is 10.3 Å². The number of nitrogen functional groups attached to an aromatic ring is 1. The number of benzene rings is 2. The lowest BCUT2D eigenvalue weighted by atomic mass is 10.2. The maximum Gasteiger partial charge on any atom is 0.260 e. The Bertz CT molecular complexity index is 662. The summed E-state index contributed by atoms with van der Waals surface area (Å²) in [6.45, 7) is 0. The molecule has 18 heavy (non-hydrogen) atoms. The van der Waals surface area contributed by atoms with Crippen molar-refractivity contribution in [3.8, 4) is 22.8 Å². The maximum atomic E-state index is 5.87. The van der Waals surface area contributed by atoms with Gasteiger partial charge in [0, 0.05) is 11.3 Å². The van der Waals surface area contributed by atoms with E-state index in [2.05, 4.69) is 10.1 Å². The predicted molar refractivity (Wildman–Crippen MR) is 69.6 cm³/mol. The van der Waals surface area contributed by atoms with Gasteiger partial charge >= 0.3 is 0 Å². The highest BCUT2D eigenvalue weighted by molar-refractivity contribution is 5.71. The second kappa shape index (κ2) is 4.33. The molecule has 0 spiro atoms. The third kappa shape index (κ3) is 1.84. The largest absolute Gasteiger partial charge is 0.398 e. The molecule has 0 unspecified atom stereocenters. The van der Waals surface area contributed by atoms with Gasteiger partial charge in [-0.3, -0.25) is 0 Å². The standard InChI is InChI=1S/C14H11N3O/c15-12-9-5-4-8-11(12)14-16-13(17-18-14)10-6-2-1-3-7-10/h1-9H,15H2. The predicted octanol–water partition coefficient (Wildman–Crippen LogP) is 2.99. The molecule has 4 nitrogen and oxygen atoms in total. The fourth-order valence-electron chi connectivity index (χ4n) is 1.73. The van der Waals surface area contributed by atoms with Crippen molar-refractivity contribution in [3.05, 3.63) is 54.6 Å². The first-order valence-electron chi connectivity index (χ1n) is 5.58. The normalized spacial score (nSPS) is 10.4. The third-order valence-corrected chi connectivity index (χ3v) is 2.65. The first-order valence-corrected chi connectivity index (χ1v) is 5.58. The second-order valence-electron chi connectivity index (χ2n) is 3.88. The molecular formula is C14H11N3O. The molecule has 0 aliphatic carbocycles. The van der Waals surface area contributed by atoms with E-state index in [-0.39, 0.29) is 0 Å². The van der Waals surface area contributed by atoms with Crippen molar-refractivity contribution in [2.75, 3.05) is 5.73 Å². The molecule has 4 heteroatoms. The Morgan fingerprint density at radius 3 is 2.39 bits per heavy atom. The Morgan fingerprint density at radius 2 is 1.61 bits per heavy atom. The summed E-state index contributed by atoms with van der Waals surface area (Å²) in [5.74, 6) is 1.00. The van der Waals surface area contributed by atoms with Gasteiger partial charge in [-0.05, 0) is 12.1 Å². The lowest BCUT2D eigenvalue weighted by molar-refractivity contribution is 0.432. The molecule has 1 heterocycles. The fourth-order valence-corrected chi connectivity index (χ4v) is 1.73. The Kier molecular flexibility index (Phi) is 2.53. The SMILES string of the molecule is Nc1ccccc1-c1nc(-c2ccccc2)no1. The summed E-state index contributed by atoms with van der Waals surface area (Å²) in [4.78, 5) is 4.35. The number of nitrogens with two attached hydrogens (primary N) is 1. The molecule has 88 valence electrons. The van der Waals surface area contributed by atoms with Gasteiger partial charge in [0.2, 0.25) is 5.82 Å². The molecule has 0 fully saturated rings. The van der Waals surface area contributed by atoms with Crippen molar-refractivity contribution in [1.82, 2.24) is 10.1 Å². The van der Waals surface area contributed by atoms with Gasteiger partial charge < -0.3 is 10.3 Å². The molecule has 0 aliphatic heterocycles. The molecule has 0 saturated carbocycles. The zero-order valence-corrected chi connectivity index (χ0v) is 9.58. The molecule has 0 aliphatic rings. The third-order valence-electron chi connectivity index (χ3n) is 2.65. The Labute approximate surface area is 104 Å². The number of rotatable bonds is 2. The Balaban J connectivity index is 2.03. The smallest absolute Gasteiger partial charge is 0.260 e. The van der Waals surface area contributed by atoms with Crippen LogP contribution in [0.1, 0.15) is 0 Å². The average Bonchev–Trinajstić information content (AvgIpc) is 2.90. The first-order chi connectivity index (χ1) is 8.84. The van der Waals surface area contributed by atoms with Crippen molar-refractivity contribution in [1.29, 1.82) is 0 Å². The monoisotopic (exact) mass is 237 g/mol. The highest BCUT2D eigenvalue weighted by atomic mass is 16.5. The minimum atomic E-state index is 0.437. The topological polar surface area (TPSA) is 64.9 Å². The van der Waals surface area contributed by atoms with Crippen LogP contribution in [0.5, 0.6) is 0 Å². The maximum absolute atomic E-state index is 5.87. The zero-order valence-electron chi connectivity index (χ0n) is 9.58. The van der Waals surface area contributed by atoms with Crippen LogP contribution in [0.3, 0.4) is 0 Å². The fraction of sp³-hybridized carbons (Fsp3) is 0. The van der Waals surface area contributed by atoms with E-state index >= 15 is 0 Å². The van der Waals surface area contributed by atoms with E-state index in [0.29, 0.717) is 17.4 Å². The molecule has 0 atom stereocenters. The summed E-state index contributed by atoms with van der Waals surface area (Å²) in [6.07, 6.45) is 0. The molecule has 3 aromatic rings. The second-order valence-corrected chi connectivity index (χ2v) is 3.88. The van der Waals surface area contributed by atoms with Crippen LogP contribution in [-0.4, -0.2) is 10.1 Å². The molecule has 0 saturated heterocycles. The Morgan fingerprint density at radius 1 is 0.889 bits per heavy atom. The lowest BCUT2D eigenvalue weighted by Crippen LogP contribution is -1.89. The van der Waals surface area contributed by atoms with Gasteiger partial charge in [0.25, 0.3) is 5.89 Å². The molecule has 3 rings (SSSR count). The summed E-state index contributed by atoms with van der Waals surface area (Å²) in [5.41, 5.74) is 8.17. The van der Waals surface area contributed by atoms with Gasteiger partial charge in [0.1, 0.15) is 0 Å². The van der Waals surface area contributed by atoms with Crippen LogP contribution in [0, 0.1) is 0 Å². The van der Waals surface area contributed by atoms with Crippen LogP contribution >= 0.6 is 0 Å². The number of hydrogen-bond acceptors (Lipinski definition) is 4. The summed E-state index contributed by atoms with van der Waals surface area (Å²) >= 11 is 0. The van der Waals surface area contributed by atoms with Crippen LogP contribution in [0.2, 0.25) is 0 Å². The van der Waals surface area contributed by atoms with E-state index in [0.717, 1.165) is 11.1 Å². The highest BCUT2D eigenvalue weighted by Gasteiger charge is 2.11. The van der Waals surface area contributed by atoms with Crippen molar-refractivity contribution in [2.24, 2.45) is 0 Å². The zero-order chi connectivity index (χ0) is 12.4. The van der Waals surface area contributed by atoms with E-state index in [1.165, 1.54) is 0 Å². The molecule has 2 aromatic carbocycles. The molecule has 0 radical (unpaired) electrons. The summed E-state index contributed by atoms with van der Waals surface area (Å²) in [7, 11) is 0. The van der Waals surface area contributed by atoms with Crippen molar-refractivity contribution in [3.63, 3.8) is 0 Å². The lowest BCUT2D eigenvalue weighted by Gasteiger charge is -1.97. The minimum absolute atomic E-state index is 0.437. The minimum Gasteiger partial charge on any atom is -0.398 e. The van der Waals surface area contributed by atoms with Gasteiger partial charge in [-0.25, -0.2) is 0 Å². The Hall–Kier alpha value is -2.62. The first kappa shape index (κ1) is 10.5. The van der Waals surface area contributed by atoms with E-state index < -0.39 is 0 Å². The summed E-state index contributed by atoms with van der Waals surface area (Å²) in [6, 6.07) is 17.1. The highest BCUT2D eigenvalue weighted by Crippen LogP contribution is 2.26. The molecule has 2 N–H and O–H groups in total. The van der Waals surface area contributed by atoms with Crippen molar-refractivity contribution in [2.45, 2.75) is 0 Å². The molecule has 0 amide bonds. The van der Waals surface area contributed by atoms with Gasteiger partial charge in [0.15, 0.2) is 0 Å². The summed E-state index contributed by atoms with van der Waals surface area (Å²) in [5, 5.41) is 3.96. The number of aromatic nitrogens is 2. The van der Waals surface area contributed by atoms with E-state index in [1.54, 1.807) is 0 Å². The van der Waals surface area contributed by atoms with Crippen LogP contribution in [0.25, 0.3) is 22.8 Å². The molecular weight excluding hydrogens is 226 g/mol. The number of nitrogens with zero attached hydrogens (tertiary/aromatic N) is 2. The summed E-state index contributed by atoms with van der Waals surface area (Å²) < 4.78 is 5.24. The molecule has 0 bridgehead atoms. The van der Waals surface area contributed by atoms with Crippen LogP contribution in [0.15, 0.2) is 59.1 Å². The number of para-hydroxylation sites is 1.